The summed E-state index contributed by atoms with van der Waals surface area (Å²) in [6, 6.07) is 40.2. The zero-order valence-corrected chi connectivity index (χ0v) is 21.2. The number of rotatable bonds is 4. The van der Waals surface area contributed by atoms with E-state index in [1.807, 2.05) is 0 Å². The lowest BCUT2D eigenvalue weighted by Crippen LogP contribution is -2.36. The third kappa shape index (κ3) is 3.52. The maximum atomic E-state index is 2.37. The highest BCUT2D eigenvalue weighted by atomic mass is 15.1. The van der Waals surface area contributed by atoms with Crippen molar-refractivity contribution < 1.29 is 4.57 Å². The van der Waals surface area contributed by atoms with Crippen molar-refractivity contribution in [1.82, 2.24) is 4.57 Å². The average molecular weight is 478 g/mol. The normalized spacial score (nSPS) is 13.5. The van der Waals surface area contributed by atoms with Gasteiger partial charge in [0.25, 0.3) is 0 Å². The molecule has 0 aliphatic rings. The summed E-state index contributed by atoms with van der Waals surface area (Å²) in [5, 5.41) is 10.5. The number of aromatic nitrogens is 2. The van der Waals surface area contributed by atoms with Crippen molar-refractivity contribution in [3.8, 4) is 0 Å². The number of benzene rings is 6. The van der Waals surface area contributed by atoms with Crippen LogP contribution in [0.1, 0.15) is 37.1 Å². The fourth-order valence-electron chi connectivity index (χ4n) is 6.02. The molecule has 1 aromatic heterocycles. The van der Waals surface area contributed by atoms with Gasteiger partial charge in [-0.3, -0.25) is 0 Å². The Morgan fingerprint density at radius 3 is 1.59 bits per heavy atom. The van der Waals surface area contributed by atoms with Crippen LogP contribution in [0.2, 0.25) is 0 Å². The fourth-order valence-corrected chi connectivity index (χ4v) is 6.02. The van der Waals surface area contributed by atoms with Crippen LogP contribution in [0, 0.1) is 0 Å². The second-order valence-electron chi connectivity index (χ2n) is 10.1. The number of hydrogen-bond acceptors (Lipinski definition) is 0. The van der Waals surface area contributed by atoms with Gasteiger partial charge in [0.2, 0.25) is 6.33 Å². The first-order valence-electron chi connectivity index (χ1n) is 13.1. The first-order chi connectivity index (χ1) is 18.2. The summed E-state index contributed by atoms with van der Waals surface area (Å²) < 4.78 is 4.69. The fraction of sp³-hybridized carbons (Fsp3) is 0.114. The Hall–Kier alpha value is -4.43. The van der Waals surface area contributed by atoms with Gasteiger partial charge in [-0.15, -0.1) is 0 Å². The molecule has 178 valence electrons. The molecular weight excluding hydrogens is 448 g/mol. The largest absolute Gasteiger partial charge is 0.244 e. The first kappa shape index (κ1) is 21.8. The minimum Gasteiger partial charge on any atom is -0.230 e. The van der Waals surface area contributed by atoms with E-state index in [0.717, 1.165) is 0 Å². The van der Waals surface area contributed by atoms with Crippen molar-refractivity contribution in [2.45, 2.75) is 25.9 Å². The highest BCUT2D eigenvalue weighted by Crippen LogP contribution is 2.34. The van der Waals surface area contributed by atoms with E-state index in [-0.39, 0.29) is 12.1 Å². The summed E-state index contributed by atoms with van der Waals surface area (Å²) in [6.45, 7) is 4.61. The van der Waals surface area contributed by atoms with Crippen LogP contribution in [0.5, 0.6) is 0 Å². The second-order valence-corrected chi connectivity index (χ2v) is 10.1. The van der Waals surface area contributed by atoms with Gasteiger partial charge >= 0.3 is 0 Å². The van der Waals surface area contributed by atoms with Gasteiger partial charge in [0, 0.05) is 11.1 Å². The van der Waals surface area contributed by atoms with E-state index in [1.165, 1.54) is 54.2 Å². The monoisotopic (exact) mass is 477 g/mol. The molecule has 0 bridgehead atoms. The minimum atomic E-state index is 0.205. The van der Waals surface area contributed by atoms with Gasteiger partial charge in [0.15, 0.2) is 0 Å². The topological polar surface area (TPSA) is 8.81 Å². The molecular formula is C35H29N2+. The van der Waals surface area contributed by atoms with Gasteiger partial charge < -0.3 is 0 Å². The van der Waals surface area contributed by atoms with Crippen molar-refractivity contribution in [2.24, 2.45) is 0 Å². The zero-order valence-electron chi connectivity index (χ0n) is 21.2. The molecule has 37 heavy (non-hydrogen) atoms. The molecule has 0 saturated carbocycles. The molecule has 0 amide bonds. The maximum absolute atomic E-state index is 2.37. The Kier molecular flexibility index (Phi) is 5.07. The molecule has 6 aromatic carbocycles. The number of nitrogens with zero attached hydrogens (tertiary/aromatic N) is 2. The molecule has 0 fully saturated rings. The summed E-state index contributed by atoms with van der Waals surface area (Å²) in [5.74, 6) is 0. The molecule has 7 aromatic rings. The Balaban J connectivity index is 1.32. The number of imidazole rings is 1. The molecule has 7 rings (SSSR count). The van der Waals surface area contributed by atoms with Crippen molar-refractivity contribution >= 4 is 43.1 Å². The average Bonchev–Trinajstić information content (AvgIpc) is 3.46. The van der Waals surface area contributed by atoms with E-state index in [2.05, 4.69) is 151 Å². The van der Waals surface area contributed by atoms with Gasteiger partial charge in [0.05, 0.1) is 0 Å². The number of fused-ring (bicyclic) bond motifs is 6. The van der Waals surface area contributed by atoms with Crippen LogP contribution in [-0.2, 0) is 0 Å². The summed E-state index contributed by atoms with van der Waals surface area (Å²) in [6.07, 6.45) is 6.70. The molecule has 0 saturated heterocycles. The summed E-state index contributed by atoms with van der Waals surface area (Å²) in [7, 11) is 0. The van der Waals surface area contributed by atoms with Crippen molar-refractivity contribution in [3.63, 3.8) is 0 Å². The predicted molar refractivity (Wildman–Crippen MR) is 155 cm³/mol. The molecule has 2 heteroatoms. The zero-order chi connectivity index (χ0) is 24.9. The summed E-state index contributed by atoms with van der Waals surface area (Å²) >= 11 is 0. The van der Waals surface area contributed by atoms with Crippen LogP contribution < -0.4 is 4.57 Å². The van der Waals surface area contributed by atoms with Crippen LogP contribution in [-0.4, -0.2) is 4.57 Å². The maximum Gasteiger partial charge on any atom is 0.244 e. The van der Waals surface area contributed by atoms with E-state index in [0.29, 0.717) is 0 Å². The van der Waals surface area contributed by atoms with Crippen LogP contribution in [0.4, 0.5) is 0 Å². The van der Waals surface area contributed by atoms with E-state index in [4.69, 9.17) is 0 Å². The van der Waals surface area contributed by atoms with Crippen molar-refractivity contribution in [3.05, 3.63) is 139 Å². The highest BCUT2D eigenvalue weighted by Gasteiger charge is 2.22. The van der Waals surface area contributed by atoms with Gasteiger partial charge in [-0.1, -0.05) is 97.1 Å². The molecule has 1 heterocycles. The third-order valence-electron chi connectivity index (χ3n) is 8.07. The van der Waals surface area contributed by atoms with E-state index >= 15 is 0 Å². The summed E-state index contributed by atoms with van der Waals surface area (Å²) in [4.78, 5) is 0. The molecule has 0 N–H and O–H groups in total. The molecule has 0 aliphatic heterocycles. The lowest BCUT2D eigenvalue weighted by Gasteiger charge is -2.16. The smallest absolute Gasteiger partial charge is 0.230 e. The lowest BCUT2D eigenvalue weighted by atomic mass is 9.94. The predicted octanol–water partition coefficient (Wildman–Crippen LogP) is 8.61. The van der Waals surface area contributed by atoms with Crippen LogP contribution >= 0.6 is 0 Å². The molecule has 0 radical (unpaired) electrons. The van der Waals surface area contributed by atoms with E-state index in [9.17, 15) is 0 Å². The van der Waals surface area contributed by atoms with Crippen molar-refractivity contribution in [1.29, 1.82) is 0 Å². The quantitative estimate of drug-likeness (QED) is 0.177. The SMILES string of the molecule is C[C@@H](c1cc2ccccc2c2ccccc12)n1cc[n+]([C@@H](C)c2cc3ccccc3c3ccccc23)c1. The van der Waals surface area contributed by atoms with Crippen LogP contribution in [0.25, 0.3) is 43.1 Å². The molecule has 0 aliphatic carbocycles. The number of hydrogen-bond donors (Lipinski definition) is 0. The van der Waals surface area contributed by atoms with Gasteiger partial charge in [0.1, 0.15) is 24.5 Å². The molecule has 0 unspecified atom stereocenters. The van der Waals surface area contributed by atoms with Gasteiger partial charge in [-0.05, 0) is 69.1 Å². The van der Waals surface area contributed by atoms with E-state index in [1.54, 1.807) is 0 Å². The molecule has 0 spiro atoms. The summed E-state index contributed by atoms with van der Waals surface area (Å²) in [5.41, 5.74) is 2.70. The Morgan fingerprint density at radius 2 is 1.00 bits per heavy atom. The van der Waals surface area contributed by atoms with Gasteiger partial charge in [-0.2, -0.15) is 0 Å². The minimum absolute atomic E-state index is 0.205. The van der Waals surface area contributed by atoms with Gasteiger partial charge in [-0.25, -0.2) is 9.13 Å². The Labute approximate surface area is 217 Å². The molecule has 2 nitrogen and oxygen atoms in total. The first-order valence-corrected chi connectivity index (χ1v) is 13.1. The molecule has 2 atom stereocenters. The lowest BCUT2D eigenvalue weighted by molar-refractivity contribution is -0.709. The van der Waals surface area contributed by atoms with Crippen molar-refractivity contribution in [2.75, 3.05) is 0 Å². The third-order valence-corrected chi connectivity index (χ3v) is 8.07. The van der Waals surface area contributed by atoms with Crippen LogP contribution in [0.3, 0.4) is 0 Å². The standard InChI is InChI=1S/C35H29N2/c1-24(34-21-26-11-3-5-13-28(26)30-15-7-9-17-32(30)34)36-19-20-37(23-36)25(2)35-22-27-12-4-6-14-29(27)31-16-8-10-18-33(31)35/h3-25H,1-2H3/q+1/t24-,25-/m0/s1. The van der Waals surface area contributed by atoms with E-state index < -0.39 is 0 Å². The van der Waals surface area contributed by atoms with Crippen LogP contribution in [0.15, 0.2) is 128 Å². The Bertz CT molecular complexity index is 1790. The Morgan fingerprint density at radius 1 is 0.541 bits per heavy atom. The second kappa shape index (κ2) is 8.60. The highest BCUT2D eigenvalue weighted by molar-refractivity contribution is 6.10.